The topological polar surface area (TPSA) is 90.5 Å². The van der Waals surface area contributed by atoms with Crippen LogP contribution in [-0.4, -0.2) is 41.6 Å². The second-order valence-corrected chi connectivity index (χ2v) is 9.03. The Morgan fingerprint density at radius 1 is 1.26 bits per heavy atom. The summed E-state index contributed by atoms with van der Waals surface area (Å²) in [5.74, 6) is -1.00. The summed E-state index contributed by atoms with van der Waals surface area (Å²) in [6.07, 6.45) is 3.47. The predicted octanol–water partition coefficient (Wildman–Crippen LogP) is 3.89. The smallest absolute Gasteiger partial charge is 0.337 e. The highest BCUT2D eigenvalue weighted by atomic mass is 35.5. The van der Waals surface area contributed by atoms with Gasteiger partial charge in [0.25, 0.3) is 0 Å². The number of aromatic nitrogens is 1. The number of fused-ring (bicyclic) bond motifs is 1. The van der Waals surface area contributed by atoms with Gasteiger partial charge in [0, 0.05) is 29.2 Å². The minimum atomic E-state index is -3.21. The van der Waals surface area contributed by atoms with E-state index in [0.717, 1.165) is 23.1 Å². The van der Waals surface area contributed by atoms with Crippen molar-refractivity contribution in [1.29, 1.82) is 0 Å². The van der Waals surface area contributed by atoms with Crippen molar-refractivity contribution in [3.63, 3.8) is 0 Å². The fourth-order valence-corrected chi connectivity index (χ4v) is 4.92. The maximum atomic E-state index is 11.8. The number of carboxylic acids is 1. The fourth-order valence-electron chi connectivity index (χ4n) is 3.52. The Bertz CT molecular complexity index is 1150. The molecule has 140 valence electrons. The lowest BCUT2D eigenvalue weighted by Crippen LogP contribution is -2.44. The van der Waals surface area contributed by atoms with Crippen molar-refractivity contribution in [3.05, 3.63) is 58.7 Å². The normalized spacial score (nSPS) is 17.8. The van der Waals surface area contributed by atoms with Gasteiger partial charge in [-0.05, 0) is 29.7 Å². The van der Waals surface area contributed by atoms with Crippen molar-refractivity contribution < 1.29 is 18.3 Å². The number of benzene rings is 2. The highest BCUT2D eigenvalue weighted by Crippen LogP contribution is 2.38. The minimum absolute atomic E-state index is 0.129. The average molecular weight is 405 g/mol. The summed E-state index contributed by atoms with van der Waals surface area (Å²) >= 11 is 6.40. The third kappa shape index (κ3) is 3.12. The lowest BCUT2D eigenvalue weighted by molar-refractivity contribution is 0.0699. The van der Waals surface area contributed by atoms with E-state index in [0.29, 0.717) is 22.5 Å². The van der Waals surface area contributed by atoms with E-state index in [1.165, 1.54) is 16.8 Å². The van der Waals surface area contributed by atoms with Crippen molar-refractivity contribution in [2.24, 2.45) is 0 Å². The molecule has 2 N–H and O–H groups in total. The van der Waals surface area contributed by atoms with Crippen LogP contribution in [0.3, 0.4) is 0 Å². The van der Waals surface area contributed by atoms with Crippen LogP contribution in [0.15, 0.2) is 42.6 Å². The van der Waals surface area contributed by atoms with Gasteiger partial charge >= 0.3 is 5.97 Å². The van der Waals surface area contributed by atoms with Crippen LogP contribution in [-0.2, 0) is 10.0 Å². The van der Waals surface area contributed by atoms with Crippen LogP contribution >= 0.6 is 11.6 Å². The van der Waals surface area contributed by atoms with Gasteiger partial charge in [-0.2, -0.15) is 4.31 Å². The molecule has 0 radical (unpaired) electrons. The molecule has 6 nitrogen and oxygen atoms in total. The monoisotopic (exact) mass is 404 g/mol. The molecule has 3 aromatic rings. The predicted molar refractivity (Wildman–Crippen MR) is 105 cm³/mol. The lowest BCUT2D eigenvalue weighted by Gasteiger charge is -2.39. The van der Waals surface area contributed by atoms with Crippen LogP contribution in [0, 0.1) is 0 Å². The number of rotatable bonds is 4. The molecule has 0 amide bonds. The molecule has 1 aromatic heterocycles. The molecular weight excluding hydrogens is 388 g/mol. The quantitative estimate of drug-likeness (QED) is 0.690. The number of carbonyl (C=O) groups is 1. The summed E-state index contributed by atoms with van der Waals surface area (Å²) in [5, 5.41) is 10.4. The van der Waals surface area contributed by atoms with Crippen molar-refractivity contribution in [3.8, 4) is 11.1 Å². The second kappa shape index (κ2) is 6.37. The average Bonchev–Trinajstić information content (AvgIpc) is 2.95. The van der Waals surface area contributed by atoms with Crippen molar-refractivity contribution in [1.82, 2.24) is 9.29 Å². The van der Waals surface area contributed by atoms with Gasteiger partial charge in [-0.25, -0.2) is 13.2 Å². The highest BCUT2D eigenvalue weighted by molar-refractivity contribution is 7.88. The molecule has 0 saturated carbocycles. The zero-order valence-electron chi connectivity index (χ0n) is 14.4. The first-order valence-electron chi connectivity index (χ1n) is 8.37. The van der Waals surface area contributed by atoms with E-state index < -0.39 is 16.0 Å². The molecule has 1 fully saturated rings. The van der Waals surface area contributed by atoms with Crippen LogP contribution in [0.1, 0.15) is 28.4 Å². The minimum Gasteiger partial charge on any atom is -0.478 e. The van der Waals surface area contributed by atoms with Gasteiger partial charge in [-0.3, -0.25) is 0 Å². The van der Waals surface area contributed by atoms with E-state index in [1.807, 2.05) is 24.3 Å². The summed E-state index contributed by atoms with van der Waals surface area (Å²) in [7, 11) is -3.21. The molecular formula is C19H17ClN2O4S. The molecule has 27 heavy (non-hydrogen) atoms. The summed E-state index contributed by atoms with van der Waals surface area (Å²) < 4.78 is 25.0. The number of carboxylic acid groups (broad SMARTS) is 1. The zero-order valence-corrected chi connectivity index (χ0v) is 16.0. The van der Waals surface area contributed by atoms with Gasteiger partial charge in [0.1, 0.15) is 0 Å². The Morgan fingerprint density at radius 3 is 2.52 bits per heavy atom. The van der Waals surface area contributed by atoms with Crippen LogP contribution in [0.4, 0.5) is 0 Å². The van der Waals surface area contributed by atoms with Gasteiger partial charge in [-0.1, -0.05) is 35.9 Å². The number of aromatic carboxylic acids is 1. The lowest BCUT2D eigenvalue weighted by atomic mass is 9.95. The Kier molecular flexibility index (Phi) is 4.25. The van der Waals surface area contributed by atoms with Crippen molar-refractivity contribution in [2.45, 2.75) is 12.5 Å². The van der Waals surface area contributed by atoms with E-state index in [9.17, 15) is 18.3 Å². The fraction of sp³-hybridized carbons (Fsp3) is 0.211. The molecule has 1 unspecified atom stereocenters. The number of sulfonamides is 1. The van der Waals surface area contributed by atoms with Crippen LogP contribution in [0.25, 0.3) is 22.0 Å². The first-order valence-corrected chi connectivity index (χ1v) is 10.6. The van der Waals surface area contributed by atoms with Gasteiger partial charge in [0.15, 0.2) is 0 Å². The van der Waals surface area contributed by atoms with E-state index in [-0.39, 0.29) is 11.6 Å². The molecule has 1 aliphatic heterocycles. The number of aromatic amines is 1. The first-order chi connectivity index (χ1) is 12.8. The van der Waals surface area contributed by atoms with Gasteiger partial charge in [0.05, 0.1) is 22.9 Å². The molecule has 1 atom stereocenters. The standard InChI is InChI=1S/C19H17ClN2O4S/c1-27(25,26)22-7-6-18(22)12-4-2-11(3-5-12)13-8-14-15(19(23)24)10-21-17(14)9-16(13)20/h2-5,8-10,18,21H,6-7H2,1H3,(H,23,24). The largest absolute Gasteiger partial charge is 0.478 e. The van der Waals surface area contributed by atoms with Crippen LogP contribution < -0.4 is 0 Å². The molecule has 0 aliphatic carbocycles. The Balaban J connectivity index is 1.71. The first kappa shape index (κ1) is 18.0. The van der Waals surface area contributed by atoms with E-state index >= 15 is 0 Å². The third-order valence-corrected chi connectivity index (χ3v) is 6.60. The SMILES string of the molecule is CS(=O)(=O)N1CCC1c1ccc(-c2cc3c(C(=O)O)c[nH]c3cc2Cl)cc1. The Labute approximate surface area is 161 Å². The molecule has 2 aromatic carbocycles. The number of nitrogens with zero attached hydrogens (tertiary/aromatic N) is 1. The highest BCUT2D eigenvalue weighted by Gasteiger charge is 2.35. The molecule has 8 heteroatoms. The van der Waals surface area contributed by atoms with Gasteiger partial charge < -0.3 is 10.1 Å². The van der Waals surface area contributed by atoms with Gasteiger partial charge in [0.2, 0.25) is 10.0 Å². The molecule has 1 aliphatic rings. The van der Waals surface area contributed by atoms with E-state index in [2.05, 4.69) is 4.98 Å². The Morgan fingerprint density at radius 2 is 1.96 bits per heavy atom. The number of halogens is 1. The van der Waals surface area contributed by atoms with Crippen molar-refractivity contribution >= 4 is 38.5 Å². The number of H-pyrrole nitrogens is 1. The summed E-state index contributed by atoms with van der Waals surface area (Å²) in [6, 6.07) is 10.9. The molecule has 4 rings (SSSR count). The molecule has 0 bridgehead atoms. The summed E-state index contributed by atoms with van der Waals surface area (Å²) in [4.78, 5) is 14.3. The summed E-state index contributed by atoms with van der Waals surface area (Å²) in [6.45, 7) is 0.541. The molecule has 2 heterocycles. The maximum absolute atomic E-state index is 11.8. The zero-order chi connectivity index (χ0) is 19.3. The van der Waals surface area contributed by atoms with Gasteiger partial charge in [-0.15, -0.1) is 0 Å². The third-order valence-electron chi connectivity index (χ3n) is 5.00. The van der Waals surface area contributed by atoms with Crippen LogP contribution in [0.2, 0.25) is 5.02 Å². The Hall–Kier alpha value is -2.35. The number of hydrogen-bond acceptors (Lipinski definition) is 3. The van der Waals surface area contributed by atoms with Crippen LogP contribution in [0.5, 0.6) is 0 Å². The van der Waals surface area contributed by atoms with E-state index in [1.54, 1.807) is 12.1 Å². The number of hydrogen-bond donors (Lipinski definition) is 2. The number of nitrogens with one attached hydrogen (secondary N) is 1. The summed E-state index contributed by atoms with van der Waals surface area (Å²) in [5.41, 5.74) is 3.36. The van der Waals surface area contributed by atoms with Crippen molar-refractivity contribution in [2.75, 3.05) is 12.8 Å². The maximum Gasteiger partial charge on any atom is 0.337 e. The molecule has 0 spiro atoms. The van der Waals surface area contributed by atoms with E-state index in [4.69, 9.17) is 11.6 Å². The molecule has 1 saturated heterocycles. The second-order valence-electron chi connectivity index (χ2n) is 6.69.